The quantitative estimate of drug-likeness (QED) is 0.475. The highest BCUT2D eigenvalue weighted by Gasteiger charge is 2.39. The number of amides is 2. The molecule has 1 saturated heterocycles. The Morgan fingerprint density at radius 2 is 2.17 bits per heavy atom. The Labute approximate surface area is 175 Å². The van der Waals surface area contributed by atoms with Crippen molar-refractivity contribution in [1.82, 2.24) is 19.8 Å². The van der Waals surface area contributed by atoms with Gasteiger partial charge in [-0.05, 0) is 43.7 Å². The van der Waals surface area contributed by atoms with E-state index < -0.39 is 12.3 Å². The topological polar surface area (TPSA) is 99.5 Å². The second-order valence-corrected chi connectivity index (χ2v) is 7.66. The van der Waals surface area contributed by atoms with Gasteiger partial charge >= 0.3 is 0 Å². The van der Waals surface area contributed by atoms with Crippen LogP contribution in [0.25, 0.3) is 0 Å². The van der Waals surface area contributed by atoms with Gasteiger partial charge in [-0.3, -0.25) is 9.59 Å². The van der Waals surface area contributed by atoms with Crippen LogP contribution in [0, 0.1) is 12.3 Å². The summed E-state index contributed by atoms with van der Waals surface area (Å²) in [6, 6.07) is 5.10. The molecule has 2 unspecified atom stereocenters. The molecule has 2 aliphatic heterocycles. The first-order chi connectivity index (χ1) is 14.6. The highest BCUT2D eigenvalue weighted by atomic mass is 16.3. The van der Waals surface area contributed by atoms with Crippen LogP contribution in [0.15, 0.2) is 30.7 Å². The van der Waals surface area contributed by atoms with E-state index in [-0.39, 0.29) is 11.8 Å². The number of hydrogen-bond acceptors (Lipinski definition) is 5. The number of carbonyl (C=O) groups excluding carboxylic acids is 2. The van der Waals surface area contributed by atoms with Crippen molar-refractivity contribution in [2.45, 2.75) is 51.0 Å². The molecule has 0 radical (unpaired) electrons. The maximum absolute atomic E-state index is 12.9. The van der Waals surface area contributed by atoms with Crippen LogP contribution >= 0.6 is 0 Å². The molecular weight excluding hydrogens is 382 g/mol. The Hall–Kier alpha value is -3.31. The van der Waals surface area contributed by atoms with Crippen molar-refractivity contribution < 1.29 is 14.7 Å². The van der Waals surface area contributed by atoms with Crippen LogP contribution in [0.1, 0.15) is 47.3 Å². The largest absolute Gasteiger partial charge is 0.385 e. The van der Waals surface area contributed by atoms with Crippen molar-refractivity contribution in [3.05, 3.63) is 47.5 Å². The van der Waals surface area contributed by atoms with E-state index in [0.717, 1.165) is 37.2 Å². The van der Waals surface area contributed by atoms with E-state index in [9.17, 15) is 14.7 Å². The lowest BCUT2D eigenvalue weighted by atomic mass is 10.0. The van der Waals surface area contributed by atoms with Gasteiger partial charge in [0.25, 0.3) is 5.91 Å². The van der Waals surface area contributed by atoms with Crippen molar-refractivity contribution in [2.75, 3.05) is 11.9 Å². The minimum atomic E-state index is -0.827. The van der Waals surface area contributed by atoms with Crippen LogP contribution in [0.2, 0.25) is 0 Å². The molecule has 1 aromatic carbocycles. The summed E-state index contributed by atoms with van der Waals surface area (Å²) in [6.07, 6.45) is 10.9. The van der Waals surface area contributed by atoms with Gasteiger partial charge in [-0.25, -0.2) is 4.98 Å². The monoisotopic (exact) mass is 407 g/mol. The molecule has 8 heteroatoms. The molecule has 2 amide bonds. The van der Waals surface area contributed by atoms with Gasteiger partial charge in [0.1, 0.15) is 18.0 Å². The predicted octanol–water partition coefficient (Wildman–Crippen LogP) is 1.31. The molecule has 2 atom stereocenters. The number of benzene rings is 1. The lowest BCUT2D eigenvalue weighted by Crippen LogP contribution is -2.54. The standard InChI is InChI=1S/C22H25N5O3/c1-2-15-12-26(14-24-15)11-4-3-10-23-18-7-5-6-16-17(18)13-27(22(16)30)19-8-9-20(28)25-21(19)29/h1,5-7,12,14,19-20,23,28H,3-4,8-11,13H2,(H,25,29). The zero-order valence-electron chi connectivity index (χ0n) is 16.7. The first-order valence-electron chi connectivity index (χ1n) is 10.2. The van der Waals surface area contributed by atoms with Crippen molar-refractivity contribution in [3.63, 3.8) is 0 Å². The van der Waals surface area contributed by atoms with E-state index in [1.165, 1.54) is 0 Å². The number of nitrogens with one attached hydrogen (secondary N) is 2. The number of carbonyl (C=O) groups is 2. The number of unbranched alkanes of at least 4 members (excludes halogenated alkanes) is 1. The van der Waals surface area contributed by atoms with E-state index in [1.807, 2.05) is 22.9 Å². The molecule has 156 valence electrons. The van der Waals surface area contributed by atoms with Crippen LogP contribution in [0.5, 0.6) is 0 Å². The molecule has 8 nitrogen and oxygen atoms in total. The zero-order chi connectivity index (χ0) is 21.1. The van der Waals surface area contributed by atoms with Crippen LogP contribution in [0.3, 0.4) is 0 Å². The lowest BCUT2D eigenvalue weighted by Gasteiger charge is -2.32. The van der Waals surface area contributed by atoms with Crippen LogP contribution < -0.4 is 10.6 Å². The number of piperidine rings is 1. The molecule has 3 N–H and O–H groups in total. The number of rotatable bonds is 7. The minimum absolute atomic E-state index is 0.130. The Morgan fingerprint density at radius 3 is 2.93 bits per heavy atom. The Balaban J connectivity index is 1.33. The molecule has 0 aliphatic carbocycles. The molecular formula is C22H25N5O3. The summed E-state index contributed by atoms with van der Waals surface area (Å²) in [5.74, 6) is 2.09. The normalized spacial score (nSPS) is 20.6. The third-order valence-electron chi connectivity index (χ3n) is 5.64. The van der Waals surface area contributed by atoms with E-state index in [4.69, 9.17) is 6.42 Å². The molecule has 1 aromatic heterocycles. The number of terminal acetylenes is 1. The Morgan fingerprint density at radius 1 is 1.30 bits per heavy atom. The predicted molar refractivity (Wildman–Crippen MR) is 111 cm³/mol. The summed E-state index contributed by atoms with van der Waals surface area (Å²) in [5.41, 5.74) is 3.13. The minimum Gasteiger partial charge on any atom is -0.385 e. The molecule has 30 heavy (non-hydrogen) atoms. The van der Waals surface area contributed by atoms with Gasteiger partial charge in [0.05, 0.1) is 6.33 Å². The number of hydrogen-bond donors (Lipinski definition) is 3. The van der Waals surface area contributed by atoms with Gasteiger partial charge in [0.2, 0.25) is 5.91 Å². The van der Waals surface area contributed by atoms with Gasteiger partial charge < -0.3 is 25.2 Å². The molecule has 3 heterocycles. The maximum atomic E-state index is 12.9. The first-order valence-corrected chi connectivity index (χ1v) is 10.2. The number of aromatic nitrogens is 2. The molecule has 2 aromatic rings. The maximum Gasteiger partial charge on any atom is 0.255 e. The van der Waals surface area contributed by atoms with Gasteiger partial charge in [-0.15, -0.1) is 6.42 Å². The number of aliphatic hydroxyl groups is 1. The number of aliphatic hydroxyl groups excluding tert-OH is 1. The fourth-order valence-corrected chi connectivity index (χ4v) is 4.05. The summed E-state index contributed by atoms with van der Waals surface area (Å²) in [4.78, 5) is 30.9. The molecule has 0 bridgehead atoms. The molecule has 0 spiro atoms. The molecule has 0 saturated carbocycles. The van der Waals surface area contributed by atoms with Crippen molar-refractivity contribution in [1.29, 1.82) is 0 Å². The van der Waals surface area contributed by atoms with Crippen LogP contribution in [-0.4, -0.2) is 50.2 Å². The lowest BCUT2D eigenvalue weighted by molar-refractivity contribution is -0.132. The summed E-state index contributed by atoms with van der Waals surface area (Å²) < 4.78 is 1.98. The molecule has 2 aliphatic rings. The fraction of sp³-hybridized carbons (Fsp3) is 0.409. The summed E-state index contributed by atoms with van der Waals surface area (Å²) in [5, 5.41) is 15.6. The molecule has 4 rings (SSSR count). The van der Waals surface area contributed by atoms with Crippen molar-refractivity contribution >= 4 is 17.5 Å². The Bertz CT molecular complexity index is 993. The summed E-state index contributed by atoms with van der Waals surface area (Å²) in [7, 11) is 0. The van der Waals surface area contributed by atoms with Crippen LogP contribution in [-0.2, 0) is 17.9 Å². The molecule has 1 fully saturated rings. The highest BCUT2D eigenvalue weighted by Crippen LogP contribution is 2.32. The average Bonchev–Trinajstić information content (AvgIpc) is 3.33. The van der Waals surface area contributed by atoms with E-state index in [0.29, 0.717) is 30.6 Å². The van der Waals surface area contributed by atoms with E-state index in [2.05, 4.69) is 21.5 Å². The fourth-order valence-electron chi connectivity index (χ4n) is 4.05. The van der Waals surface area contributed by atoms with Crippen LogP contribution in [0.4, 0.5) is 5.69 Å². The van der Waals surface area contributed by atoms with Crippen molar-refractivity contribution in [2.24, 2.45) is 0 Å². The van der Waals surface area contributed by atoms with Crippen molar-refractivity contribution in [3.8, 4) is 12.3 Å². The number of imidazole rings is 1. The smallest absolute Gasteiger partial charge is 0.255 e. The summed E-state index contributed by atoms with van der Waals surface area (Å²) in [6.45, 7) is 2.02. The highest BCUT2D eigenvalue weighted by molar-refractivity contribution is 6.02. The third kappa shape index (κ3) is 4.02. The SMILES string of the molecule is C#Cc1cn(CCCCNc2cccc3c2CN(C2CCC(O)NC2=O)C3=O)cn1. The van der Waals surface area contributed by atoms with Gasteiger partial charge in [0, 0.05) is 42.6 Å². The van der Waals surface area contributed by atoms with E-state index >= 15 is 0 Å². The van der Waals surface area contributed by atoms with Gasteiger partial charge in [-0.1, -0.05) is 6.07 Å². The number of fused-ring (bicyclic) bond motifs is 1. The first kappa shape index (κ1) is 20.0. The zero-order valence-corrected chi connectivity index (χ0v) is 16.7. The number of anilines is 1. The average molecular weight is 407 g/mol. The Kier molecular flexibility index (Phi) is 5.72. The summed E-state index contributed by atoms with van der Waals surface area (Å²) >= 11 is 0. The van der Waals surface area contributed by atoms with Gasteiger partial charge in [-0.2, -0.15) is 0 Å². The number of aryl methyl sites for hydroxylation is 1. The number of nitrogens with zero attached hydrogens (tertiary/aromatic N) is 3. The third-order valence-corrected chi connectivity index (χ3v) is 5.64. The second-order valence-electron chi connectivity index (χ2n) is 7.66. The van der Waals surface area contributed by atoms with Gasteiger partial charge in [0.15, 0.2) is 0 Å². The van der Waals surface area contributed by atoms with E-state index in [1.54, 1.807) is 17.3 Å². The second kappa shape index (κ2) is 8.59.